The molecular formula is C7H5BClF3O2. The second-order valence-electron chi connectivity index (χ2n) is 2.47. The van der Waals surface area contributed by atoms with Gasteiger partial charge in [0, 0.05) is 5.02 Å². The molecule has 0 aromatic heterocycles. The predicted octanol–water partition coefficient (Wildman–Crippen LogP) is 1.56. The van der Waals surface area contributed by atoms with Crippen molar-refractivity contribution in [2.45, 2.75) is 6.36 Å². The highest BCUT2D eigenvalue weighted by atomic mass is 35.5. The maximum absolute atomic E-state index is 11.7. The van der Waals surface area contributed by atoms with E-state index in [-0.39, 0.29) is 5.46 Å². The van der Waals surface area contributed by atoms with Crippen LogP contribution < -0.4 is 5.46 Å². The van der Waals surface area contributed by atoms with Crippen LogP contribution in [0.4, 0.5) is 13.2 Å². The Kier molecular flexibility index (Phi) is 3.41. The third-order valence-electron chi connectivity index (χ3n) is 1.40. The number of benzene rings is 1. The standard InChI is InChI=1S/C7H5BClF3O2/c9-6-3-1-5(2-4-6)8(13)14-7(10,11)12/h1-4,13H. The molecule has 7 heteroatoms. The lowest BCUT2D eigenvalue weighted by Gasteiger charge is -2.10. The van der Waals surface area contributed by atoms with Crippen LogP contribution in [-0.2, 0) is 4.65 Å². The van der Waals surface area contributed by atoms with Gasteiger partial charge in [0.1, 0.15) is 0 Å². The van der Waals surface area contributed by atoms with Crippen LogP contribution in [0, 0.1) is 0 Å². The van der Waals surface area contributed by atoms with Crippen molar-refractivity contribution in [3.63, 3.8) is 0 Å². The Morgan fingerprint density at radius 1 is 1.21 bits per heavy atom. The molecule has 1 aromatic rings. The fourth-order valence-corrected chi connectivity index (χ4v) is 0.948. The van der Waals surface area contributed by atoms with E-state index in [0.29, 0.717) is 5.02 Å². The summed E-state index contributed by atoms with van der Waals surface area (Å²) in [6, 6.07) is 5.22. The zero-order chi connectivity index (χ0) is 10.8. The highest BCUT2D eigenvalue weighted by molar-refractivity contribution is 6.60. The van der Waals surface area contributed by atoms with E-state index in [9.17, 15) is 13.2 Å². The number of hydrogen-bond acceptors (Lipinski definition) is 2. The molecule has 0 spiro atoms. The molecule has 0 saturated carbocycles. The van der Waals surface area contributed by atoms with Gasteiger partial charge in [0.05, 0.1) is 0 Å². The number of halogens is 4. The molecular weight excluding hydrogens is 219 g/mol. The quantitative estimate of drug-likeness (QED) is 0.773. The molecule has 0 atom stereocenters. The Labute approximate surface area is 83.4 Å². The van der Waals surface area contributed by atoms with Crippen molar-refractivity contribution in [1.29, 1.82) is 0 Å². The summed E-state index contributed by atoms with van der Waals surface area (Å²) >= 11 is 5.50. The highest BCUT2D eigenvalue weighted by Crippen LogP contribution is 2.16. The molecule has 1 rings (SSSR count). The Hall–Kier alpha value is -0.715. The summed E-state index contributed by atoms with van der Waals surface area (Å²) in [5.74, 6) is 0. The summed E-state index contributed by atoms with van der Waals surface area (Å²) in [5, 5.41) is 9.33. The second-order valence-corrected chi connectivity index (χ2v) is 2.90. The van der Waals surface area contributed by atoms with E-state index in [4.69, 9.17) is 16.6 Å². The van der Waals surface area contributed by atoms with E-state index in [1.165, 1.54) is 24.3 Å². The molecule has 0 heterocycles. The fraction of sp³-hybridized carbons (Fsp3) is 0.143. The summed E-state index contributed by atoms with van der Waals surface area (Å²) in [7, 11) is -2.02. The van der Waals surface area contributed by atoms with Gasteiger partial charge in [-0.15, -0.1) is 13.2 Å². The predicted molar refractivity (Wildman–Crippen MR) is 46.2 cm³/mol. The van der Waals surface area contributed by atoms with E-state index in [2.05, 4.69) is 4.65 Å². The number of hydrogen-bond donors (Lipinski definition) is 1. The molecule has 0 saturated heterocycles. The molecule has 0 aliphatic rings. The largest absolute Gasteiger partial charge is 0.510 e. The Morgan fingerprint density at radius 2 is 1.71 bits per heavy atom. The molecule has 0 aliphatic carbocycles. The fourth-order valence-electron chi connectivity index (χ4n) is 0.822. The highest BCUT2D eigenvalue weighted by Gasteiger charge is 2.36. The lowest BCUT2D eigenvalue weighted by molar-refractivity contribution is -0.282. The van der Waals surface area contributed by atoms with Crippen molar-refractivity contribution in [1.82, 2.24) is 0 Å². The Morgan fingerprint density at radius 3 is 2.14 bits per heavy atom. The van der Waals surface area contributed by atoms with Crippen LogP contribution in [0.15, 0.2) is 24.3 Å². The van der Waals surface area contributed by atoms with Crippen LogP contribution in [-0.4, -0.2) is 18.5 Å². The number of alkyl halides is 3. The zero-order valence-electron chi connectivity index (χ0n) is 6.75. The molecule has 76 valence electrons. The van der Waals surface area contributed by atoms with Gasteiger partial charge in [0.2, 0.25) is 0 Å². The minimum Gasteiger partial charge on any atom is -0.423 e. The van der Waals surface area contributed by atoms with Crippen molar-refractivity contribution < 1.29 is 22.8 Å². The van der Waals surface area contributed by atoms with Crippen LogP contribution in [0.3, 0.4) is 0 Å². The molecule has 2 nitrogen and oxygen atoms in total. The third kappa shape index (κ3) is 3.57. The maximum Gasteiger partial charge on any atom is 0.510 e. The number of rotatable bonds is 2. The molecule has 0 fully saturated rings. The van der Waals surface area contributed by atoms with E-state index < -0.39 is 13.5 Å². The summed E-state index contributed by atoms with van der Waals surface area (Å²) in [4.78, 5) is 0. The van der Waals surface area contributed by atoms with Gasteiger partial charge in [-0.05, 0) is 17.6 Å². The Bertz CT molecular complexity index is 301. The van der Waals surface area contributed by atoms with Gasteiger partial charge in [-0.25, -0.2) is 0 Å². The minimum absolute atomic E-state index is 0.00766. The third-order valence-corrected chi connectivity index (χ3v) is 1.65. The molecule has 0 amide bonds. The van der Waals surface area contributed by atoms with Crippen LogP contribution in [0.5, 0.6) is 0 Å². The first-order valence-electron chi connectivity index (χ1n) is 3.56. The first kappa shape index (κ1) is 11.4. The van der Waals surface area contributed by atoms with Crippen molar-refractivity contribution in [2.75, 3.05) is 0 Å². The SMILES string of the molecule is OB(OC(F)(F)F)c1ccc(Cl)cc1. The topological polar surface area (TPSA) is 29.5 Å². The maximum atomic E-state index is 11.7. The van der Waals surface area contributed by atoms with Crippen molar-refractivity contribution in [3.8, 4) is 0 Å². The summed E-state index contributed by atoms with van der Waals surface area (Å²) in [5.41, 5.74) is -0.00766. The Balaban J connectivity index is 2.70. The van der Waals surface area contributed by atoms with Gasteiger partial charge in [-0.3, -0.25) is 0 Å². The molecule has 1 aromatic carbocycles. The van der Waals surface area contributed by atoms with Gasteiger partial charge >= 0.3 is 13.5 Å². The lowest BCUT2D eigenvalue weighted by Crippen LogP contribution is -2.38. The summed E-state index contributed by atoms with van der Waals surface area (Å²) in [6.45, 7) is 0. The zero-order valence-corrected chi connectivity index (χ0v) is 7.51. The average molecular weight is 224 g/mol. The van der Waals surface area contributed by atoms with Gasteiger partial charge in [-0.1, -0.05) is 23.7 Å². The van der Waals surface area contributed by atoms with Gasteiger partial charge in [-0.2, -0.15) is 0 Å². The molecule has 0 radical (unpaired) electrons. The van der Waals surface area contributed by atoms with E-state index >= 15 is 0 Å². The van der Waals surface area contributed by atoms with Gasteiger partial charge < -0.3 is 9.68 Å². The molecule has 1 N–H and O–H groups in total. The van der Waals surface area contributed by atoms with Crippen molar-refractivity contribution >= 4 is 24.2 Å². The van der Waals surface area contributed by atoms with E-state index in [1.54, 1.807) is 0 Å². The molecule has 0 unspecified atom stereocenters. The van der Waals surface area contributed by atoms with Crippen LogP contribution in [0.2, 0.25) is 5.02 Å². The van der Waals surface area contributed by atoms with Crippen LogP contribution in [0.25, 0.3) is 0 Å². The average Bonchev–Trinajstić information content (AvgIpc) is 2.02. The first-order chi connectivity index (χ1) is 6.38. The van der Waals surface area contributed by atoms with Crippen molar-refractivity contribution in [3.05, 3.63) is 29.3 Å². The summed E-state index contributed by atoms with van der Waals surface area (Å²) < 4.78 is 38.4. The molecule has 0 aliphatic heterocycles. The second kappa shape index (κ2) is 4.21. The first-order valence-corrected chi connectivity index (χ1v) is 3.94. The van der Waals surface area contributed by atoms with E-state index in [1.807, 2.05) is 0 Å². The lowest BCUT2D eigenvalue weighted by atomic mass is 9.80. The summed E-state index contributed by atoms with van der Waals surface area (Å²) in [6.07, 6.45) is -4.86. The molecule has 14 heavy (non-hydrogen) atoms. The normalized spacial score (nSPS) is 11.5. The van der Waals surface area contributed by atoms with Crippen LogP contribution >= 0.6 is 11.6 Å². The molecule has 0 bridgehead atoms. The van der Waals surface area contributed by atoms with E-state index in [0.717, 1.165) is 0 Å². The van der Waals surface area contributed by atoms with Gasteiger partial charge in [0.25, 0.3) is 0 Å². The monoisotopic (exact) mass is 224 g/mol. The minimum atomic E-state index is -4.86. The van der Waals surface area contributed by atoms with Gasteiger partial charge in [0.15, 0.2) is 0 Å². The van der Waals surface area contributed by atoms with Crippen molar-refractivity contribution in [2.24, 2.45) is 0 Å². The van der Waals surface area contributed by atoms with Crippen LogP contribution in [0.1, 0.15) is 0 Å². The smallest absolute Gasteiger partial charge is 0.423 e.